The van der Waals surface area contributed by atoms with Crippen molar-refractivity contribution in [1.29, 1.82) is 0 Å². The van der Waals surface area contributed by atoms with Gasteiger partial charge >= 0.3 is 0 Å². The molecule has 0 saturated heterocycles. The molecule has 0 amide bonds. The summed E-state index contributed by atoms with van der Waals surface area (Å²) in [7, 11) is 0. The average Bonchev–Trinajstić information content (AvgIpc) is 3.52. The molecule has 1 aromatic carbocycles. The number of aromatic nitrogens is 6. The fraction of sp³-hybridized carbons (Fsp3) is 0. The maximum absolute atomic E-state index is 5.24. The van der Waals surface area contributed by atoms with E-state index in [1.54, 1.807) is 31.1 Å². The van der Waals surface area contributed by atoms with Gasteiger partial charge in [-0.1, -0.05) is 6.07 Å². The molecule has 5 heterocycles. The number of rotatable bonds is 3. The number of furan rings is 1. The predicted molar refractivity (Wildman–Crippen MR) is 110 cm³/mol. The van der Waals surface area contributed by atoms with E-state index in [1.165, 1.54) is 0 Å². The van der Waals surface area contributed by atoms with Crippen LogP contribution in [0.25, 0.3) is 55.6 Å². The Hall–Kier alpha value is -4.26. The summed E-state index contributed by atoms with van der Waals surface area (Å²) in [6, 6.07) is 10.1. The molecule has 0 aliphatic heterocycles. The molecule has 0 fully saturated rings. The number of hydrogen-bond acceptors (Lipinski definition) is 5. The summed E-state index contributed by atoms with van der Waals surface area (Å²) < 4.78 is 5.24. The Kier molecular flexibility index (Phi) is 3.33. The Morgan fingerprint density at radius 3 is 2.69 bits per heavy atom. The first kappa shape index (κ1) is 15.8. The Morgan fingerprint density at radius 2 is 1.83 bits per heavy atom. The third kappa shape index (κ3) is 2.52. The van der Waals surface area contributed by atoms with Crippen LogP contribution in [0.1, 0.15) is 0 Å². The highest BCUT2D eigenvalue weighted by Gasteiger charge is 2.15. The van der Waals surface area contributed by atoms with E-state index in [0.29, 0.717) is 0 Å². The highest BCUT2D eigenvalue weighted by atomic mass is 16.3. The summed E-state index contributed by atoms with van der Waals surface area (Å²) >= 11 is 0. The Morgan fingerprint density at radius 1 is 0.828 bits per heavy atom. The minimum absolute atomic E-state index is 0.824. The van der Waals surface area contributed by atoms with Gasteiger partial charge in [-0.3, -0.25) is 20.1 Å². The molecule has 29 heavy (non-hydrogen) atoms. The fourth-order valence-corrected chi connectivity index (χ4v) is 3.65. The molecule has 0 atom stereocenters. The number of pyridine rings is 1. The topological polar surface area (TPSA) is 96.3 Å². The van der Waals surface area contributed by atoms with E-state index in [2.05, 4.69) is 42.3 Å². The number of H-pyrrole nitrogens is 2. The van der Waals surface area contributed by atoms with Gasteiger partial charge in [0.1, 0.15) is 5.69 Å². The summed E-state index contributed by atoms with van der Waals surface area (Å²) in [5.74, 6) is 0. The molecular formula is C22H14N6O. The van der Waals surface area contributed by atoms with Gasteiger partial charge in [-0.25, -0.2) is 0 Å². The molecule has 138 valence electrons. The summed E-state index contributed by atoms with van der Waals surface area (Å²) in [5, 5.41) is 9.75. The molecule has 5 aromatic heterocycles. The van der Waals surface area contributed by atoms with Crippen LogP contribution in [-0.2, 0) is 0 Å². The first-order chi connectivity index (χ1) is 14.4. The van der Waals surface area contributed by atoms with Crippen LogP contribution >= 0.6 is 0 Å². The van der Waals surface area contributed by atoms with Crippen molar-refractivity contribution >= 4 is 21.8 Å². The Bertz CT molecular complexity index is 1450. The van der Waals surface area contributed by atoms with E-state index in [0.717, 1.165) is 55.6 Å². The molecule has 0 radical (unpaired) electrons. The molecule has 7 nitrogen and oxygen atoms in total. The van der Waals surface area contributed by atoms with Crippen molar-refractivity contribution in [3.8, 4) is 33.8 Å². The normalized spacial score (nSPS) is 11.4. The average molecular weight is 378 g/mol. The molecule has 6 aromatic rings. The first-order valence-electron chi connectivity index (χ1n) is 9.11. The second-order valence-corrected chi connectivity index (χ2v) is 6.77. The highest BCUT2D eigenvalue weighted by molar-refractivity contribution is 6.01. The zero-order chi connectivity index (χ0) is 19.2. The van der Waals surface area contributed by atoms with Crippen LogP contribution in [0.5, 0.6) is 0 Å². The van der Waals surface area contributed by atoms with Crippen LogP contribution in [0.4, 0.5) is 0 Å². The van der Waals surface area contributed by atoms with Crippen molar-refractivity contribution in [2.45, 2.75) is 0 Å². The standard InChI is InChI=1S/C22H14N6O/c1-2-18-16(7-13(1)20-10-23-4-5-25-20)22(28-27-18)19-8-15-17(14-3-6-29-12-14)9-24-11-21(15)26-19/h1-12,26H,(H,27,28). The second kappa shape index (κ2) is 6.13. The molecule has 0 saturated carbocycles. The molecule has 0 aliphatic rings. The number of fused-ring (bicyclic) bond motifs is 2. The first-order valence-corrected chi connectivity index (χ1v) is 9.11. The van der Waals surface area contributed by atoms with Crippen LogP contribution in [-0.4, -0.2) is 30.1 Å². The highest BCUT2D eigenvalue weighted by Crippen LogP contribution is 2.34. The summed E-state index contributed by atoms with van der Waals surface area (Å²) in [4.78, 5) is 16.4. The lowest BCUT2D eigenvalue weighted by Crippen LogP contribution is -1.84. The van der Waals surface area contributed by atoms with E-state index < -0.39 is 0 Å². The zero-order valence-corrected chi connectivity index (χ0v) is 15.1. The van der Waals surface area contributed by atoms with Gasteiger partial charge < -0.3 is 9.40 Å². The summed E-state index contributed by atoms with van der Waals surface area (Å²) in [6.45, 7) is 0. The van der Waals surface area contributed by atoms with E-state index in [4.69, 9.17) is 4.42 Å². The van der Waals surface area contributed by atoms with Crippen LogP contribution < -0.4 is 0 Å². The minimum Gasteiger partial charge on any atom is -0.472 e. The molecule has 0 bridgehead atoms. The maximum Gasteiger partial charge on any atom is 0.116 e. The third-order valence-electron chi connectivity index (χ3n) is 5.05. The zero-order valence-electron chi connectivity index (χ0n) is 15.1. The molecule has 0 spiro atoms. The summed E-state index contributed by atoms with van der Waals surface area (Å²) in [5.41, 5.74) is 7.49. The Balaban J connectivity index is 1.53. The van der Waals surface area contributed by atoms with Gasteiger partial charge in [-0.15, -0.1) is 0 Å². The van der Waals surface area contributed by atoms with Crippen LogP contribution in [0.2, 0.25) is 0 Å². The lowest BCUT2D eigenvalue weighted by Gasteiger charge is -2.00. The molecule has 6 rings (SSSR count). The van der Waals surface area contributed by atoms with Gasteiger partial charge in [0.05, 0.1) is 47.3 Å². The van der Waals surface area contributed by atoms with Crippen molar-refractivity contribution in [2.24, 2.45) is 0 Å². The fourth-order valence-electron chi connectivity index (χ4n) is 3.65. The van der Waals surface area contributed by atoms with E-state index >= 15 is 0 Å². The smallest absolute Gasteiger partial charge is 0.116 e. The van der Waals surface area contributed by atoms with Crippen molar-refractivity contribution in [3.63, 3.8) is 0 Å². The number of aromatic amines is 2. The predicted octanol–water partition coefficient (Wildman–Crippen LogP) is 4.82. The monoisotopic (exact) mass is 378 g/mol. The van der Waals surface area contributed by atoms with Crippen molar-refractivity contribution < 1.29 is 4.42 Å². The second-order valence-electron chi connectivity index (χ2n) is 6.77. The molecule has 2 N–H and O–H groups in total. The van der Waals surface area contributed by atoms with Crippen molar-refractivity contribution in [3.05, 3.63) is 73.8 Å². The molecule has 7 heteroatoms. The van der Waals surface area contributed by atoms with E-state index in [9.17, 15) is 0 Å². The van der Waals surface area contributed by atoms with Crippen LogP contribution in [0, 0.1) is 0 Å². The lowest BCUT2D eigenvalue weighted by molar-refractivity contribution is 0.568. The largest absolute Gasteiger partial charge is 0.472 e. The van der Waals surface area contributed by atoms with E-state index in [1.807, 2.05) is 30.6 Å². The van der Waals surface area contributed by atoms with Gasteiger partial charge in [-0.2, -0.15) is 5.10 Å². The van der Waals surface area contributed by atoms with Crippen molar-refractivity contribution in [2.75, 3.05) is 0 Å². The number of benzene rings is 1. The van der Waals surface area contributed by atoms with Gasteiger partial charge in [0.2, 0.25) is 0 Å². The van der Waals surface area contributed by atoms with Gasteiger partial charge in [0.25, 0.3) is 0 Å². The molecule has 0 aliphatic carbocycles. The van der Waals surface area contributed by atoms with Crippen molar-refractivity contribution in [1.82, 2.24) is 30.1 Å². The van der Waals surface area contributed by atoms with Gasteiger partial charge in [0.15, 0.2) is 0 Å². The van der Waals surface area contributed by atoms with Crippen LogP contribution in [0.3, 0.4) is 0 Å². The third-order valence-corrected chi connectivity index (χ3v) is 5.05. The maximum atomic E-state index is 5.24. The SMILES string of the molecule is c1cnc(-c2ccc3[nH]nc(-c4cc5c(-c6ccoc6)cncc5[nH]4)c3c2)cn1. The number of nitrogens with zero attached hydrogens (tertiary/aromatic N) is 4. The minimum atomic E-state index is 0.824. The lowest BCUT2D eigenvalue weighted by atomic mass is 10.1. The molecular weight excluding hydrogens is 364 g/mol. The van der Waals surface area contributed by atoms with Gasteiger partial charge in [0, 0.05) is 46.1 Å². The number of hydrogen-bond donors (Lipinski definition) is 2. The summed E-state index contributed by atoms with van der Waals surface area (Å²) in [6.07, 6.45) is 12.2. The Labute approximate surface area is 164 Å². The number of nitrogens with one attached hydrogen (secondary N) is 2. The van der Waals surface area contributed by atoms with E-state index in [-0.39, 0.29) is 0 Å². The quantitative estimate of drug-likeness (QED) is 0.460. The van der Waals surface area contributed by atoms with Crippen LogP contribution in [0.15, 0.2) is 78.3 Å². The van der Waals surface area contributed by atoms with Gasteiger partial charge in [-0.05, 0) is 24.3 Å². The molecule has 0 unspecified atom stereocenters.